The fraction of sp³-hybridized carbons (Fsp3) is 0.389. The average Bonchev–Trinajstić information content (AvgIpc) is 2.48. The largest absolute Gasteiger partial charge is 0.398 e. The van der Waals surface area contributed by atoms with Crippen molar-refractivity contribution in [2.45, 2.75) is 38.7 Å². The van der Waals surface area contributed by atoms with Crippen LogP contribution in [0.25, 0.3) is 0 Å². The van der Waals surface area contributed by atoms with Crippen molar-refractivity contribution < 1.29 is 9.22 Å². The van der Waals surface area contributed by atoms with Crippen LogP contribution in [0.4, 0.5) is 0 Å². The third-order valence-corrected chi connectivity index (χ3v) is 9.29. The van der Waals surface area contributed by atoms with Gasteiger partial charge in [-0.15, -0.1) is 0 Å². The first-order chi connectivity index (χ1) is 10.4. The number of primary amides is 1. The zero-order chi connectivity index (χ0) is 16.2. The molecule has 1 unspecified atom stereocenters. The molecular formula is C18H25NO2Si. The zero-order valence-electron chi connectivity index (χ0n) is 13.6. The first-order valence-electron chi connectivity index (χ1n) is 7.72. The van der Waals surface area contributed by atoms with Gasteiger partial charge in [0, 0.05) is 0 Å². The van der Waals surface area contributed by atoms with E-state index in [1.54, 1.807) is 0 Å². The van der Waals surface area contributed by atoms with Crippen LogP contribution in [0.3, 0.4) is 0 Å². The number of carbonyl (C=O) groups excluding carboxylic acids is 1. The molecule has 2 N–H and O–H groups in total. The van der Waals surface area contributed by atoms with Crippen molar-refractivity contribution >= 4 is 19.4 Å². The van der Waals surface area contributed by atoms with Crippen LogP contribution in [-0.2, 0) is 9.22 Å². The fourth-order valence-corrected chi connectivity index (χ4v) is 8.07. The minimum atomic E-state index is -2.53. The maximum Gasteiger partial charge on any atom is 0.257 e. The van der Waals surface area contributed by atoms with Crippen molar-refractivity contribution in [3.05, 3.63) is 53.8 Å². The van der Waals surface area contributed by atoms with E-state index in [0.29, 0.717) is 0 Å². The maximum atomic E-state index is 11.4. The van der Waals surface area contributed by atoms with Gasteiger partial charge in [-0.2, -0.15) is 0 Å². The fourth-order valence-electron chi connectivity index (χ4n) is 3.24. The number of carbonyl (C=O) groups is 1. The molecule has 0 heterocycles. The molecule has 0 spiro atoms. The van der Waals surface area contributed by atoms with E-state index in [1.807, 2.05) is 18.2 Å². The van der Waals surface area contributed by atoms with Crippen molar-refractivity contribution in [1.29, 1.82) is 0 Å². The lowest BCUT2D eigenvalue weighted by molar-refractivity contribution is -0.120. The van der Waals surface area contributed by atoms with Crippen LogP contribution in [-0.4, -0.2) is 20.8 Å². The van der Waals surface area contributed by atoms with Crippen LogP contribution < -0.4 is 10.9 Å². The molecule has 4 heteroatoms. The molecule has 0 aromatic heterocycles. The summed E-state index contributed by atoms with van der Waals surface area (Å²) in [6.07, 6.45) is 8.44. The highest BCUT2D eigenvalue weighted by Gasteiger charge is 2.51. The molecule has 3 nitrogen and oxygen atoms in total. The summed E-state index contributed by atoms with van der Waals surface area (Å²) in [4.78, 5) is 11.4. The highest BCUT2D eigenvalue weighted by Crippen LogP contribution is 2.43. The summed E-state index contributed by atoms with van der Waals surface area (Å²) in [7, 11) is -2.53. The molecule has 1 atom stereocenters. The number of amides is 1. The quantitative estimate of drug-likeness (QED) is 0.849. The summed E-state index contributed by atoms with van der Waals surface area (Å²) in [6.45, 7) is 6.57. The summed E-state index contributed by atoms with van der Waals surface area (Å²) in [6, 6.07) is 10.3. The second-order valence-corrected chi connectivity index (χ2v) is 11.1. The normalized spacial score (nSPS) is 17.7. The van der Waals surface area contributed by atoms with Crippen molar-refractivity contribution in [1.82, 2.24) is 0 Å². The summed E-state index contributed by atoms with van der Waals surface area (Å²) in [5, 5.41) is 2.45. The van der Waals surface area contributed by atoms with Gasteiger partial charge in [0.1, 0.15) is 6.61 Å². The van der Waals surface area contributed by atoms with Gasteiger partial charge in [-0.25, -0.2) is 0 Å². The van der Waals surface area contributed by atoms with Crippen molar-refractivity contribution in [2.75, 3.05) is 6.61 Å². The molecule has 2 rings (SSSR count). The van der Waals surface area contributed by atoms with Gasteiger partial charge in [-0.05, 0) is 28.3 Å². The Morgan fingerprint density at radius 3 is 2.45 bits per heavy atom. The highest BCUT2D eigenvalue weighted by molar-refractivity contribution is 6.95. The van der Waals surface area contributed by atoms with Gasteiger partial charge in [0.15, 0.2) is 0 Å². The van der Waals surface area contributed by atoms with Crippen LogP contribution in [0.5, 0.6) is 0 Å². The molecule has 1 aliphatic rings. The Morgan fingerprint density at radius 2 is 1.95 bits per heavy atom. The molecule has 1 aromatic carbocycles. The second kappa shape index (κ2) is 6.63. The van der Waals surface area contributed by atoms with Crippen molar-refractivity contribution in [2.24, 2.45) is 5.73 Å². The Bertz CT molecular complexity index is 587. The molecule has 1 aromatic rings. The first-order valence-corrected chi connectivity index (χ1v) is 9.63. The molecule has 0 bridgehead atoms. The predicted octanol–water partition coefficient (Wildman–Crippen LogP) is 2.96. The van der Waals surface area contributed by atoms with Gasteiger partial charge in [-0.1, -0.05) is 69.3 Å². The summed E-state index contributed by atoms with van der Waals surface area (Å²) < 4.78 is 6.34. The van der Waals surface area contributed by atoms with E-state index in [1.165, 1.54) is 10.4 Å². The Kier molecular flexibility index (Phi) is 5.03. The maximum absolute atomic E-state index is 11.4. The Balaban J connectivity index is 2.60. The monoisotopic (exact) mass is 315 g/mol. The number of hydrogen-bond donors (Lipinski definition) is 1. The van der Waals surface area contributed by atoms with Gasteiger partial charge in [0.05, 0.1) is 0 Å². The molecule has 0 aliphatic heterocycles. The van der Waals surface area contributed by atoms with E-state index in [4.69, 9.17) is 10.2 Å². The molecule has 0 saturated heterocycles. The van der Waals surface area contributed by atoms with Crippen LogP contribution in [0.15, 0.2) is 53.8 Å². The molecule has 118 valence electrons. The molecule has 22 heavy (non-hydrogen) atoms. The number of allylic oxidation sites excluding steroid dienone is 4. The SMILES string of the molecule is CC(C)(C)[Si](OCC(N)=O)(C1=CC=CCC1)c1ccccc1. The van der Waals surface area contributed by atoms with Crippen molar-refractivity contribution in [3.63, 3.8) is 0 Å². The minimum Gasteiger partial charge on any atom is -0.398 e. The number of benzene rings is 1. The lowest BCUT2D eigenvalue weighted by Crippen LogP contribution is -2.60. The second-order valence-electron chi connectivity index (χ2n) is 6.71. The Hall–Kier alpha value is -1.65. The van der Waals surface area contributed by atoms with Gasteiger partial charge >= 0.3 is 0 Å². The molecule has 0 saturated carbocycles. The lowest BCUT2D eigenvalue weighted by atomic mass is 10.2. The van der Waals surface area contributed by atoms with E-state index in [2.05, 4.69) is 51.1 Å². The smallest absolute Gasteiger partial charge is 0.257 e. The average molecular weight is 315 g/mol. The summed E-state index contributed by atoms with van der Waals surface area (Å²) in [5.74, 6) is -0.413. The van der Waals surface area contributed by atoms with Crippen molar-refractivity contribution in [3.8, 4) is 0 Å². The molecule has 0 radical (unpaired) electrons. The first kappa shape index (κ1) is 16.7. The van der Waals surface area contributed by atoms with Gasteiger partial charge < -0.3 is 10.2 Å². The molecular weight excluding hydrogens is 290 g/mol. The van der Waals surface area contributed by atoms with Gasteiger partial charge in [0.25, 0.3) is 8.32 Å². The zero-order valence-corrected chi connectivity index (χ0v) is 14.6. The summed E-state index contributed by atoms with van der Waals surface area (Å²) in [5.41, 5.74) is 5.38. The molecule has 0 fully saturated rings. The third kappa shape index (κ3) is 3.23. The Labute approximate surface area is 134 Å². The third-order valence-electron chi connectivity index (χ3n) is 4.13. The lowest BCUT2D eigenvalue weighted by Gasteiger charge is -2.44. The van der Waals surface area contributed by atoms with E-state index < -0.39 is 14.2 Å². The van der Waals surface area contributed by atoms with E-state index in [9.17, 15) is 4.79 Å². The van der Waals surface area contributed by atoms with E-state index >= 15 is 0 Å². The number of hydrogen-bond acceptors (Lipinski definition) is 2. The van der Waals surface area contributed by atoms with Crippen LogP contribution in [0.2, 0.25) is 5.04 Å². The minimum absolute atomic E-state index is 0.0283. The Morgan fingerprint density at radius 1 is 1.27 bits per heavy atom. The van der Waals surface area contributed by atoms with Gasteiger partial charge in [0.2, 0.25) is 5.91 Å². The standard InChI is InChI=1S/C18H25NO2Si/c1-18(2,3)22(21-14-17(19)20,15-10-6-4-7-11-15)16-12-8-5-9-13-16/h4-8,10-12H,9,13-14H2,1-3H3,(H2,19,20). The highest BCUT2D eigenvalue weighted by atomic mass is 28.4. The predicted molar refractivity (Wildman–Crippen MR) is 93.1 cm³/mol. The molecule has 1 aliphatic carbocycles. The number of nitrogens with two attached hydrogens (primary N) is 1. The number of rotatable bonds is 5. The van der Waals surface area contributed by atoms with Gasteiger partial charge in [-0.3, -0.25) is 4.79 Å². The van der Waals surface area contributed by atoms with Crippen LogP contribution in [0.1, 0.15) is 33.6 Å². The van der Waals surface area contributed by atoms with Crippen LogP contribution >= 0.6 is 0 Å². The van der Waals surface area contributed by atoms with E-state index in [0.717, 1.165) is 12.8 Å². The topological polar surface area (TPSA) is 52.3 Å². The molecule has 1 amide bonds. The van der Waals surface area contributed by atoms with E-state index in [-0.39, 0.29) is 11.6 Å². The summed E-state index contributed by atoms with van der Waals surface area (Å²) >= 11 is 0. The van der Waals surface area contributed by atoms with Crippen LogP contribution in [0, 0.1) is 0 Å².